The number of hydrogen-bond donors (Lipinski definition) is 2. The Balaban J connectivity index is 1.50. The average Bonchev–Trinajstić information content (AvgIpc) is 2.79. The molecule has 1 saturated carbocycles. The summed E-state index contributed by atoms with van der Waals surface area (Å²) in [6.07, 6.45) is 7.74. The predicted octanol–water partition coefficient (Wildman–Crippen LogP) is 1.88. The lowest BCUT2D eigenvalue weighted by Gasteiger charge is -2.35. The Bertz CT molecular complexity index is 1080. The lowest BCUT2D eigenvalue weighted by atomic mass is 9.79. The maximum absolute atomic E-state index is 11.8. The van der Waals surface area contributed by atoms with Crippen LogP contribution in [0.3, 0.4) is 0 Å². The molecule has 2 N–H and O–H groups in total. The normalized spacial score (nSPS) is 27.2. The molecule has 1 aliphatic carbocycles. The lowest BCUT2D eigenvalue weighted by Crippen LogP contribution is -2.51. The number of aliphatic hydroxyl groups excluding tert-OH is 1. The number of anilines is 1. The molecule has 2 aromatic heterocycles. The van der Waals surface area contributed by atoms with Gasteiger partial charge in [-0.05, 0) is 44.2 Å². The van der Waals surface area contributed by atoms with Crippen molar-refractivity contribution in [3.05, 3.63) is 30.2 Å². The summed E-state index contributed by atoms with van der Waals surface area (Å²) in [5.41, 5.74) is 1.00. The molecule has 3 heterocycles. The second-order valence-electron chi connectivity index (χ2n) is 8.79. The second kappa shape index (κ2) is 9.29. The number of pyridine rings is 2. The van der Waals surface area contributed by atoms with Crippen LogP contribution in [-0.2, 0) is 19.6 Å². The van der Waals surface area contributed by atoms with Crippen LogP contribution in [0, 0.1) is 5.92 Å². The van der Waals surface area contributed by atoms with Gasteiger partial charge in [0.2, 0.25) is 10.0 Å². The molecule has 2 aromatic rings. The van der Waals surface area contributed by atoms with Gasteiger partial charge in [0.1, 0.15) is 5.82 Å². The number of methoxy groups -OCH3 is 1. The first-order chi connectivity index (χ1) is 15.3. The van der Waals surface area contributed by atoms with E-state index in [1.54, 1.807) is 12.4 Å². The summed E-state index contributed by atoms with van der Waals surface area (Å²) in [4.78, 5) is 21.0. The molecule has 0 amide bonds. The first kappa shape index (κ1) is 22.9. The van der Waals surface area contributed by atoms with E-state index < -0.39 is 16.1 Å². The fourth-order valence-electron chi connectivity index (χ4n) is 4.82. The van der Waals surface area contributed by atoms with Crippen LogP contribution in [0.5, 0.6) is 0 Å². The molecule has 4 rings (SSSR count). The summed E-state index contributed by atoms with van der Waals surface area (Å²) < 4.78 is 29.7. The number of β-amino-alcohol motifs (C(OH)–C–C–N with tert-alkyl or cyclic N) is 1. The highest BCUT2D eigenvalue weighted by Crippen LogP contribution is 2.38. The molecule has 1 saturated heterocycles. The first-order valence-corrected chi connectivity index (χ1v) is 12.8. The highest BCUT2D eigenvalue weighted by molar-refractivity contribution is 7.88. The van der Waals surface area contributed by atoms with Gasteiger partial charge in [-0.1, -0.05) is 0 Å². The van der Waals surface area contributed by atoms with Gasteiger partial charge in [-0.15, -0.1) is 0 Å². The minimum atomic E-state index is -3.32. The fraction of sp³-hybridized carbons (Fsp3) is 0.591. The molecule has 0 radical (unpaired) electrons. The molecule has 0 unspecified atom stereocenters. The highest BCUT2D eigenvalue weighted by atomic mass is 32.2. The van der Waals surface area contributed by atoms with E-state index in [1.165, 1.54) is 11.4 Å². The number of aromatic nitrogens is 2. The van der Waals surface area contributed by atoms with Crippen molar-refractivity contribution >= 4 is 32.6 Å². The van der Waals surface area contributed by atoms with E-state index in [2.05, 4.69) is 15.3 Å². The minimum absolute atomic E-state index is 0.0376. The Morgan fingerprint density at radius 3 is 2.62 bits per heavy atom. The molecule has 2 fully saturated rings. The van der Waals surface area contributed by atoms with E-state index in [0.717, 1.165) is 48.4 Å². The van der Waals surface area contributed by atoms with Crippen molar-refractivity contribution in [3.63, 3.8) is 0 Å². The van der Waals surface area contributed by atoms with Crippen LogP contribution in [0.15, 0.2) is 24.5 Å². The Labute approximate surface area is 188 Å². The number of ether oxygens (including phenoxy) is 1. The number of sulfonamides is 1. The monoisotopic (exact) mass is 462 g/mol. The van der Waals surface area contributed by atoms with Gasteiger partial charge in [0.25, 0.3) is 0 Å². The number of hydrogen-bond acceptors (Lipinski definition) is 8. The zero-order valence-electron chi connectivity index (χ0n) is 18.4. The molecule has 32 heavy (non-hydrogen) atoms. The van der Waals surface area contributed by atoms with Gasteiger partial charge in [0.15, 0.2) is 0 Å². The van der Waals surface area contributed by atoms with Crippen molar-refractivity contribution in [2.24, 2.45) is 5.92 Å². The molecule has 2 atom stereocenters. The maximum atomic E-state index is 11.8. The van der Waals surface area contributed by atoms with E-state index in [1.807, 2.05) is 12.1 Å². The standard InChI is InChI=1S/C22H30N4O5S/c1-31-22(28)15-5-3-14(4-6-15)21-17-11-20(24-12-16(17)7-9-23-21)25-18-8-10-26(13-19(18)27)32(2,29)30/h7,9,11-12,14-15,18-19,27H,3-6,8,10,13H2,1-2H3,(H,24,25)/t14?,15?,18-,19-/m1/s1. The molecule has 0 bridgehead atoms. The number of piperidine rings is 1. The third-order valence-corrected chi connectivity index (χ3v) is 7.94. The topological polar surface area (TPSA) is 122 Å². The van der Waals surface area contributed by atoms with Crippen LogP contribution >= 0.6 is 0 Å². The summed E-state index contributed by atoms with van der Waals surface area (Å²) >= 11 is 0. The van der Waals surface area contributed by atoms with Gasteiger partial charge >= 0.3 is 5.97 Å². The smallest absolute Gasteiger partial charge is 0.308 e. The van der Waals surface area contributed by atoms with Crippen molar-refractivity contribution < 1.29 is 23.1 Å². The predicted molar refractivity (Wildman–Crippen MR) is 121 cm³/mol. The van der Waals surface area contributed by atoms with Crippen molar-refractivity contribution in [3.8, 4) is 0 Å². The van der Waals surface area contributed by atoms with Crippen LogP contribution in [0.4, 0.5) is 5.82 Å². The Morgan fingerprint density at radius 1 is 1.22 bits per heavy atom. The van der Waals surface area contributed by atoms with E-state index in [-0.39, 0.29) is 30.4 Å². The molecule has 0 spiro atoms. The number of carbonyl (C=O) groups is 1. The summed E-state index contributed by atoms with van der Waals surface area (Å²) in [7, 11) is -1.89. The Kier molecular flexibility index (Phi) is 6.64. The van der Waals surface area contributed by atoms with Crippen molar-refractivity contribution in [2.45, 2.75) is 50.2 Å². The fourth-order valence-corrected chi connectivity index (χ4v) is 5.68. The third kappa shape index (κ3) is 4.87. The lowest BCUT2D eigenvalue weighted by molar-refractivity contribution is -0.146. The van der Waals surface area contributed by atoms with Crippen LogP contribution in [-0.4, -0.2) is 72.4 Å². The van der Waals surface area contributed by atoms with Crippen molar-refractivity contribution in [1.82, 2.24) is 14.3 Å². The Morgan fingerprint density at radius 2 is 1.97 bits per heavy atom. The Hall–Kier alpha value is -2.30. The highest BCUT2D eigenvalue weighted by Gasteiger charge is 2.32. The quantitative estimate of drug-likeness (QED) is 0.646. The summed E-state index contributed by atoms with van der Waals surface area (Å²) in [5, 5.41) is 15.8. The largest absolute Gasteiger partial charge is 0.469 e. The van der Waals surface area contributed by atoms with Crippen LogP contribution in [0.1, 0.15) is 43.7 Å². The summed E-state index contributed by atoms with van der Waals surface area (Å²) in [6.45, 7) is 0.428. The first-order valence-electron chi connectivity index (χ1n) is 11.0. The number of nitrogens with zero attached hydrogens (tertiary/aromatic N) is 3. The van der Waals surface area contributed by atoms with E-state index in [9.17, 15) is 18.3 Å². The maximum Gasteiger partial charge on any atom is 0.308 e. The van der Waals surface area contributed by atoms with Crippen LogP contribution in [0.25, 0.3) is 10.8 Å². The van der Waals surface area contributed by atoms with Gasteiger partial charge in [-0.25, -0.2) is 13.4 Å². The number of nitrogens with one attached hydrogen (secondary N) is 1. The van der Waals surface area contributed by atoms with Gasteiger partial charge in [0.05, 0.1) is 37.1 Å². The number of fused-ring (bicyclic) bond motifs is 1. The number of esters is 1. The SMILES string of the molecule is COC(=O)C1CCC(c2nccc3cnc(N[C@@H]4CCN(S(C)(=O)=O)C[C@H]4O)cc23)CC1. The minimum Gasteiger partial charge on any atom is -0.469 e. The van der Waals surface area contributed by atoms with E-state index >= 15 is 0 Å². The third-order valence-electron chi connectivity index (χ3n) is 6.67. The molecular formula is C22H30N4O5S. The second-order valence-corrected chi connectivity index (χ2v) is 10.8. The molecule has 2 aliphatic rings. The zero-order chi connectivity index (χ0) is 22.9. The van der Waals surface area contributed by atoms with Crippen LogP contribution in [0.2, 0.25) is 0 Å². The molecule has 10 heteroatoms. The zero-order valence-corrected chi connectivity index (χ0v) is 19.2. The van der Waals surface area contributed by atoms with Crippen LogP contribution < -0.4 is 5.32 Å². The molecule has 9 nitrogen and oxygen atoms in total. The molecule has 1 aliphatic heterocycles. The van der Waals surface area contributed by atoms with E-state index in [0.29, 0.717) is 18.8 Å². The van der Waals surface area contributed by atoms with Crippen molar-refractivity contribution in [2.75, 3.05) is 31.8 Å². The average molecular weight is 463 g/mol. The number of aliphatic hydroxyl groups is 1. The molecule has 174 valence electrons. The van der Waals surface area contributed by atoms with Gasteiger partial charge in [0, 0.05) is 42.2 Å². The van der Waals surface area contributed by atoms with Crippen molar-refractivity contribution in [1.29, 1.82) is 0 Å². The van der Waals surface area contributed by atoms with Gasteiger partial charge in [-0.3, -0.25) is 9.78 Å². The van der Waals surface area contributed by atoms with E-state index in [4.69, 9.17) is 4.74 Å². The molecular weight excluding hydrogens is 432 g/mol. The number of rotatable bonds is 5. The summed E-state index contributed by atoms with van der Waals surface area (Å²) in [5.74, 6) is 0.722. The number of carbonyl (C=O) groups excluding carboxylic acids is 1. The summed E-state index contributed by atoms with van der Waals surface area (Å²) in [6, 6.07) is 3.60. The van der Waals surface area contributed by atoms with Gasteiger partial charge < -0.3 is 15.2 Å². The van der Waals surface area contributed by atoms with Gasteiger partial charge in [-0.2, -0.15) is 4.31 Å². The molecule has 0 aromatic carbocycles.